The number of ether oxygens (including phenoxy) is 1. The predicted octanol–water partition coefficient (Wildman–Crippen LogP) is 2.86. The summed E-state index contributed by atoms with van der Waals surface area (Å²) >= 11 is 0. The Morgan fingerprint density at radius 2 is 1.80 bits per heavy atom. The smallest absolute Gasteiger partial charge is 0.261 e. The molecule has 2 N–H and O–H groups in total. The standard InChI is InChI=1S/C16H18N2O2/c1-11-4-9-15(20-3)14(10-11)16(19)18(2)13-7-5-12(17)6-8-13/h4-10H,17H2,1-3H3. The number of aryl methyl sites for hydroxylation is 1. The number of nitrogens with two attached hydrogens (primary N) is 1. The van der Waals surface area contributed by atoms with E-state index in [4.69, 9.17) is 10.5 Å². The molecule has 2 aromatic rings. The highest BCUT2D eigenvalue weighted by Crippen LogP contribution is 2.24. The van der Waals surface area contributed by atoms with Crippen molar-refractivity contribution in [3.05, 3.63) is 53.6 Å². The molecule has 0 bridgehead atoms. The van der Waals surface area contributed by atoms with Gasteiger partial charge in [0.25, 0.3) is 5.91 Å². The van der Waals surface area contributed by atoms with E-state index in [1.807, 2.05) is 31.2 Å². The third kappa shape index (κ3) is 2.74. The molecule has 1 amide bonds. The highest BCUT2D eigenvalue weighted by atomic mass is 16.5. The van der Waals surface area contributed by atoms with Crippen LogP contribution in [0.25, 0.3) is 0 Å². The Morgan fingerprint density at radius 1 is 1.15 bits per heavy atom. The van der Waals surface area contributed by atoms with E-state index in [1.54, 1.807) is 37.3 Å². The molecule has 0 aromatic heterocycles. The van der Waals surface area contributed by atoms with Gasteiger partial charge >= 0.3 is 0 Å². The van der Waals surface area contributed by atoms with Crippen LogP contribution in [-0.2, 0) is 0 Å². The SMILES string of the molecule is COc1ccc(C)cc1C(=O)N(C)c1ccc(N)cc1. The Morgan fingerprint density at radius 3 is 2.40 bits per heavy atom. The maximum atomic E-state index is 12.6. The topological polar surface area (TPSA) is 55.6 Å². The zero-order valence-electron chi connectivity index (χ0n) is 11.9. The Kier molecular flexibility index (Phi) is 3.94. The first-order valence-corrected chi connectivity index (χ1v) is 6.31. The monoisotopic (exact) mass is 270 g/mol. The third-order valence-electron chi connectivity index (χ3n) is 3.17. The highest BCUT2D eigenvalue weighted by molar-refractivity contribution is 6.07. The fourth-order valence-electron chi connectivity index (χ4n) is 1.98. The van der Waals surface area contributed by atoms with E-state index in [9.17, 15) is 4.79 Å². The molecule has 104 valence electrons. The molecule has 20 heavy (non-hydrogen) atoms. The first kappa shape index (κ1) is 13.9. The van der Waals surface area contributed by atoms with Crippen molar-refractivity contribution in [2.24, 2.45) is 0 Å². The zero-order chi connectivity index (χ0) is 14.7. The van der Waals surface area contributed by atoms with Crippen LogP contribution in [0.4, 0.5) is 11.4 Å². The molecule has 0 fully saturated rings. The number of rotatable bonds is 3. The van der Waals surface area contributed by atoms with Crippen LogP contribution < -0.4 is 15.4 Å². The third-order valence-corrected chi connectivity index (χ3v) is 3.17. The van der Waals surface area contributed by atoms with E-state index >= 15 is 0 Å². The molecule has 0 aliphatic rings. The van der Waals surface area contributed by atoms with E-state index in [0.717, 1.165) is 11.3 Å². The molecule has 0 aliphatic carbocycles. The number of anilines is 2. The van der Waals surface area contributed by atoms with E-state index < -0.39 is 0 Å². The van der Waals surface area contributed by atoms with Gasteiger partial charge in [-0.2, -0.15) is 0 Å². The molecule has 0 unspecified atom stereocenters. The van der Waals surface area contributed by atoms with Gasteiger partial charge in [-0.1, -0.05) is 11.6 Å². The molecule has 0 atom stereocenters. The summed E-state index contributed by atoms with van der Waals surface area (Å²) in [5.41, 5.74) is 8.67. The van der Waals surface area contributed by atoms with Crippen molar-refractivity contribution < 1.29 is 9.53 Å². The molecule has 0 heterocycles. The van der Waals surface area contributed by atoms with Crippen LogP contribution in [0.15, 0.2) is 42.5 Å². The van der Waals surface area contributed by atoms with Gasteiger partial charge in [0, 0.05) is 18.4 Å². The second-order valence-electron chi connectivity index (χ2n) is 4.66. The molecular weight excluding hydrogens is 252 g/mol. The molecule has 4 heteroatoms. The summed E-state index contributed by atoms with van der Waals surface area (Å²) in [6.45, 7) is 1.94. The number of hydrogen-bond donors (Lipinski definition) is 1. The van der Waals surface area contributed by atoms with E-state index in [1.165, 1.54) is 0 Å². The van der Waals surface area contributed by atoms with Crippen molar-refractivity contribution >= 4 is 17.3 Å². The number of benzene rings is 2. The number of nitrogens with zero attached hydrogens (tertiary/aromatic N) is 1. The van der Waals surface area contributed by atoms with Gasteiger partial charge in [-0.3, -0.25) is 4.79 Å². The van der Waals surface area contributed by atoms with Crippen molar-refractivity contribution in [1.82, 2.24) is 0 Å². The van der Waals surface area contributed by atoms with Crippen LogP contribution >= 0.6 is 0 Å². The Bertz CT molecular complexity index is 621. The quantitative estimate of drug-likeness (QED) is 0.872. The maximum absolute atomic E-state index is 12.6. The van der Waals surface area contributed by atoms with E-state index in [-0.39, 0.29) is 5.91 Å². The van der Waals surface area contributed by atoms with Crippen LogP contribution in [0, 0.1) is 6.92 Å². The van der Waals surface area contributed by atoms with Crippen LogP contribution in [0.2, 0.25) is 0 Å². The van der Waals surface area contributed by atoms with Crippen molar-refractivity contribution in [2.45, 2.75) is 6.92 Å². The number of carbonyl (C=O) groups is 1. The first-order valence-electron chi connectivity index (χ1n) is 6.31. The maximum Gasteiger partial charge on any atom is 0.261 e. The summed E-state index contributed by atoms with van der Waals surface area (Å²) in [4.78, 5) is 14.2. The minimum atomic E-state index is -0.115. The largest absolute Gasteiger partial charge is 0.496 e. The van der Waals surface area contributed by atoms with Crippen molar-refractivity contribution in [3.63, 3.8) is 0 Å². The molecule has 0 saturated carbocycles. The zero-order valence-corrected chi connectivity index (χ0v) is 11.9. The van der Waals surface area contributed by atoms with Gasteiger partial charge in [0.1, 0.15) is 5.75 Å². The number of amides is 1. The lowest BCUT2D eigenvalue weighted by atomic mass is 10.1. The Labute approximate surface area is 118 Å². The number of hydrogen-bond acceptors (Lipinski definition) is 3. The van der Waals surface area contributed by atoms with Gasteiger partial charge in [0.2, 0.25) is 0 Å². The number of carbonyl (C=O) groups excluding carboxylic acids is 1. The molecule has 0 spiro atoms. The molecule has 4 nitrogen and oxygen atoms in total. The lowest BCUT2D eigenvalue weighted by molar-refractivity contribution is 0.0990. The molecule has 0 aliphatic heterocycles. The van der Waals surface area contributed by atoms with Gasteiger partial charge in [0.15, 0.2) is 0 Å². The number of methoxy groups -OCH3 is 1. The van der Waals surface area contributed by atoms with Crippen molar-refractivity contribution in [1.29, 1.82) is 0 Å². The Hall–Kier alpha value is -2.49. The van der Waals surface area contributed by atoms with Crippen LogP contribution in [0.5, 0.6) is 5.75 Å². The average molecular weight is 270 g/mol. The minimum absolute atomic E-state index is 0.115. The minimum Gasteiger partial charge on any atom is -0.496 e. The fraction of sp³-hybridized carbons (Fsp3) is 0.188. The molecular formula is C16H18N2O2. The summed E-state index contributed by atoms with van der Waals surface area (Å²) in [5, 5.41) is 0. The second-order valence-corrected chi connectivity index (χ2v) is 4.66. The lowest BCUT2D eigenvalue weighted by Gasteiger charge is -2.19. The molecule has 0 radical (unpaired) electrons. The van der Waals surface area contributed by atoms with Gasteiger partial charge in [-0.15, -0.1) is 0 Å². The summed E-state index contributed by atoms with van der Waals surface area (Å²) in [7, 11) is 3.29. The van der Waals surface area contributed by atoms with Crippen molar-refractivity contribution in [2.75, 3.05) is 24.8 Å². The van der Waals surface area contributed by atoms with Gasteiger partial charge in [-0.05, 0) is 43.3 Å². The summed E-state index contributed by atoms with van der Waals surface area (Å²) in [5.74, 6) is 0.457. The van der Waals surface area contributed by atoms with Crippen molar-refractivity contribution in [3.8, 4) is 5.75 Å². The van der Waals surface area contributed by atoms with Gasteiger partial charge < -0.3 is 15.4 Å². The van der Waals surface area contributed by atoms with Crippen LogP contribution in [-0.4, -0.2) is 20.1 Å². The number of nitrogen functional groups attached to an aromatic ring is 1. The van der Waals surface area contributed by atoms with Gasteiger partial charge in [-0.25, -0.2) is 0 Å². The van der Waals surface area contributed by atoms with Crippen LogP contribution in [0.3, 0.4) is 0 Å². The highest BCUT2D eigenvalue weighted by Gasteiger charge is 2.17. The molecule has 2 aromatic carbocycles. The fourth-order valence-corrected chi connectivity index (χ4v) is 1.98. The first-order chi connectivity index (χ1) is 9.52. The van der Waals surface area contributed by atoms with E-state index in [2.05, 4.69) is 0 Å². The van der Waals surface area contributed by atoms with E-state index in [0.29, 0.717) is 17.0 Å². The summed E-state index contributed by atoms with van der Waals surface area (Å²) < 4.78 is 5.26. The molecule has 2 rings (SSSR count). The normalized spacial score (nSPS) is 10.2. The van der Waals surface area contributed by atoms with Crippen LogP contribution in [0.1, 0.15) is 15.9 Å². The predicted molar refractivity (Wildman–Crippen MR) is 81.3 cm³/mol. The second kappa shape index (κ2) is 5.65. The summed E-state index contributed by atoms with van der Waals surface area (Å²) in [6.07, 6.45) is 0. The molecule has 0 saturated heterocycles. The lowest BCUT2D eigenvalue weighted by Crippen LogP contribution is -2.26. The van der Waals surface area contributed by atoms with Gasteiger partial charge in [0.05, 0.1) is 12.7 Å². The Balaban J connectivity index is 2.35. The average Bonchev–Trinajstić information content (AvgIpc) is 2.46. The summed E-state index contributed by atoms with van der Waals surface area (Å²) in [6, 6.07) is 12.7.